The lowest BCUT2D eigenvalue weighted by molar-refractivity contribution is -0.142. The smallest absolute Gasteiger partial charge is 0.326 e. The van der Waals surface area contributed by atoms with Gasteiger partial charge in [-0.15, -0.1) is 0 Å². The summed E-state index contributed by atoms with van der Waals surface area (Å²) >= 11 is 0. The zero-order valence-electron chi connectivity index (χ0n) is 35.3. The molecular formula is C36H74N18O7. The lowest BCUT2D eigenvalue weighted by Crippen LogP contribution is -2.59. The molecule has 0 saturated heterocycles. The van der Waals surface area contributed by atoms with E-state index in [4.69, 9.17) is 57.3 Å². The van der Waals surface area contributed by atoms with Gasteiger partial charge >= 0.3 is 5.97 Å². The van der Waals surface area contributed by atoms with Gasteiger partial charge in [-0.2, -0.15) is 0 Å². The molecule has 0 aromatic rings. The average molecular weight is 871 g/mol. The van der Waals surface area contributed by atoms with Crippen molar-refractivity contribution in [1.29, 1.82) is 0 Å². The maximum Gasteiger partial charge on any atom is 0.326 e. The van der Waals surface area contributed by atoms with Crippen molar-refractivity contribution < 1.29 is 33.9 Å². The van der Waals surface area contributed by atoms with Gasteiger partial charge in [-0.1, -0.05) is 6.42 Å². The van der Waals surface area contributed by atoms with Crippen LogP contribution in [0.25, 0.3) is 0 Å². The van der Waals surface area contributed by atoms with Gasteiger partial charge < -0.3 is 89.0 Å². The summed E-state index contributed by atoms with van der Waals surface area (Å²) in [6, 6.07) is -7.09. The highest BCUT2D eigenvalue weighted by Crippen LogP contribution is 2.10. The van der Waals surface area contributed by atoms with Gasteiger partial charge in [-0.05, 0) is 110 Å². The molecule has 0 aliphatic rings. The number of carboxylic acids is 1. The summed E-state index contributed by atoms with van der Waals surface area (Å²) in [4.78, 5) is 92.1. The van der Waals surface area contributed by atoms with Crippen LogP contribution in [0.5, 0.6) is 0 Å². The second-order valence-electron chi connectivity index (χ2n) is 14.5. The van der Waals surface area contributed by atoms with E-state index in [1.54, 1.807) is 0 Å². The Balaban J connectivity index is 6.50. The molecule has 0 heterocycles. The second-order valence-corrected chi connectivity index (χ2v) is 14.5. The molecule has 0 aromatic carbocycles. The minimum Gasteiger partial charge on any atom is -0.480 e. The number of nitrogens with one attached hydrogen (secondary N) is 5. The Hall–Kier alpha value is -5.53. The first kappa shape index (κ1) is 55.5. The molecule has 0 rings (SSSR count). The van der Waals surface area contributed by atoms with Crippen LogP contribution in [0.15, 0.2) is 15.0 Å². The lowest BCUT2D eigenvalue weighted by atomic mass is 10.0. The van der Waals surface area contributed by atoms with Crippen LogP contribution in [0.3, 0.4) is 0 Å². The minimum atomic E-state index is -1.32. The van der Waals surface area contributed by atoms with Gasteiger partial charge in [0.05, 0.1) is 6.04 Å². The third-order valence-corrected chi connectivity index (χ3v) is 9.18. The number of hydrogen-bond acceptors (Lipinski definition) is 13. The van der Waals surface area contributed by atoms with Crippen molar-refractivity contribution in [1.82, 2.24) is 26.6 Å². The molecular weight excluding hydrogens is 797 g/mol. The van der Waals surface area contributed by atoms with Crippen LogP contribution in [-0.4, -0.2) is 134 Å². The van der Waals surface area contributed by atoms with E-state index in [-0.39, 0.29) is 88.9 Å². The number of carboxylic acid groups (broad SMARTS) is 1. The van der Waals surface area contributed by atoms with Crippen molar-refractivity contribution in [2.24, 2.45) is 72.3 Å². The fourth-order valence-corrected chi connectivity index (χ4v) is 5.84. The summed E-state index contributed by atoms with van der Waals surface area (Å²) in [5, 5.41) is 23.0. The molecule has 350 valence electrons. The number of amides is 5. The molecule has 0 aromatic heterocycles. The Labute approximate surface area is 357 Å². The predicted octanol–water partition coefficient (Wildman–Crippen LogP) is -5.63. The molecule has 0 spiro atoms. The van der Waals surface area contributed by atoms with Crippen LogP contribution >= 0.6 is 0 Å². The van der Waals surface area contributed by atoms with Crippen LogP contribution in [0.1, 0.15) is 96.3 Å². The molecule has 0 saturated carbocycles. The van der Waals surface area contributed by atoms with Gasteiger partial charge in [0.15, 0.2) is 17.9 Å². The summed E-state index contributed by atoms with van der Waals surface area (Å²) < 4.78 is 0. The van der Waals surface area contributed by atoms with Crippen molar-refractivity contribution in [2.75, 3.05) is 39.3 Å². The normalized spacial score (nSPS) is 13.8. The average Bonchev–Trinajstić information content (AvgIpc) is 3.19. The SMILES string of the molecule is NCCCCC(N)C(=O)NC(CCCN=C(N)N)C(=O)NC(CCCCN)C(=O)NC(CCCN=C(N)N)C(=O)NC(CCCCN)C(=O)NC(CCCN=C(N)N)C(=O)O. The molecule has 25 heteroatoms. The number of guanidine groups is 3. The summed E-state index contributed by atoms with van der Waals surface area (Å²) in [7, 11) is 0. The molecule has 0 aliphatic carbocycles. The number of unbranched alkanes of at least 4 members (excludes halogenated alkanes) is 3. The maximum atomic E-state index is 14.0. The van der Waals surface area contributed by atoms with Crippen LogP contribution < -0.4 is 83.9 Å². The van der Waals surface area contributed by atoms with Crippen LogP contribution in [0.2, 0.25) is 0 Å². The summed E-state index contributed by atoms with van der Waals surface area (Å²) in [6.45, 7) is 1.41. The first-order chi connectivity index (χ1) is 29.0. The highest BCUT2D eigenvalue weighted by atomic mass is 16.4. The Bertz CT molecular complexity index is 1420. The first-order valence-electron chi connectivity index (χ1n) is 20.7. The molecule has 0 fully saturated rings. The number of carbonyl (C=O) groups is 6. The van der Waals surface area contributed by atoms with E-state index in [1.165, 1.54) is 0 Å². The van der Waals surface area contributed by atoms with Crippen molar-refractivity contribution in [3.05, 3.63) is 0 Å². The Morgan fingerprint density at radius 1 is 0.393 bits per heavy atom. The third-order valence-electron chi connectivity index (χ3n) is 9.18. The second kappa shape index (κ2) is 33.2. The molecule has 61 heavy (non-hydrogen) atoms. The maximum absolute atomic E-state index is 14.0. The Kier molecular flexibility index (Phi) is 30.2. The zero-order chi connectivity index (χ0) is 46.2. The molecule has 25 nitrogen and oxygen atoms in total. The van der Waals surface area contributed by atoms with Crippen molar-refractivity contribution in [3.8, 4) is 0 Å². The van der Waals surface area contributed by atoms with Crippen LogP contribution in [0.4, 0.5) is 0 Å². The molecule has 0 bridgehead atoms. The number of aliphatic carboxylic acids is 1. The number of carbonyl (C=O) groups excluding carboxylic acids is 5. The van der Waals surface area contributed by atoms with Gasteiger partial charge in [0.2, 0.25) is 29.5 Å². The zero-order valence-corrected chi connectivity index (χ0v) is 35.3. The van der Waals surface area contributed by atoms with E-state index in [2.05, 4.69) is 41.6 Å². The van der Waals surface area contributed by atoms with E-state index in [0.717, 1.165) is 0 Å². The van der Waals surface area contributed by atoms with Crippen LogP contribution in [0, 0.1) is 0 Å². The highest BCUT2D eigenvalue weighted by Gasteiger charge is 2.32. The summed E-state index contributed by atoms with van der Waals surface area (Å²) in [5.74, 6) is -5.37. The van der Waals surface area contributed by atoms with Gasteiger partial charge in [0.1, 0.15) is 30.2 Å². The van der Waals surface area contributed by atoms with Crippen LogP contribution in [-0.2, 0) is 28.8 Å². The van der Waals surface area contributed by atoms with E-state index >= 15 is 0 Å². The summed E-state index contributed by atoms with van der Waals surface area (Å²) in [5.41, 5.74) is 55.6. The largest absolute Gasteiger partial charge is 0.480 e. The Morgan fingerprint density at radius 3 is 0.951 bits per heavy atom. The van der Waals surface area contributed by atoms with Gasteiger partial charge in [0.25, 0.3) is 0 Å². The van der Waals surface area contributed by atoms with E-state index in [1.807, 2.05) is 0 Å². The minimum absolute atomic E-state index is 0.00946. The third kappa shape index (κ3) is 27.0. The fourth-order valence-electron chi connectivity index (χ4n) is 5.84. The fraction of sp³-hybridized carbons (Fsp3) is 0.750. The lowest BCUT2D eigenvalue weighted by Gasteiger charge is -2.27. The molecule has 5 amide bonds. The first-order valence-corrected chi connectivity index (χ1v) is 20.7. The van der Waals surface area contributed by atoms with Crippen molar-refractivity contribution in [2.45, 2.75) is 133 Å². The van der Waals surface area contributed by atoms with E-state index in [0.29, 0.717) is 64.6 Å². The number of hydrogen-bond donors (Lipinski definition) is 16. The molecule has 6 unspecified atom stereocenters. The van der Waals surface area contributed by atoms with Crippen molar-refractivity contribution >= 4 is 53.4 Å². The topological polar surface area (TPSA) is 480 Å². The predicted molar refractivity (Wildman–Crippen MR) is 234 cm³/mol. The van der Waals surface area contributed by atoms with Crippen molar-refractivity contribution in [3.63, 3.8) is 0 Å². The van der Waals surface area contributed by atoms with Gasteiger partial charge in [0, 0.05) is 19.6 Å². The number of nitrogens with two attached hydrogens (primary N) is 10. The number of nitrogens with zero attached hydrogens (tertiary/aromatic N) is 3. The quantitative estimate of drug-likeness (QED) is 0.0160. The molecule has 26 N–H and O–H groups in total. The summed E-state index contributed by atoms with van der Waals surface area (Å²) in [6.07, 6.45) is 4.39. The molecule has 6 atom stereocenters. The standard InChI is InChI=1S/C36H74N18O7/c37-16-4-1-10-22(40)28(55)50-25(13-7-19-47-34(41)42)30(57)51-23(11-2-5-17-38)29(56)53-26(14-8-20-48-35(43)44)31(58)52-24(12-3-6-18-39)32(59)54-27(33(60)61)15-9-21-49-36(45)46/h22-27H,1-21,37-40H2,(H,50,55)(H,51,57)(H,52,58)(H,53,56)(H,54,59)(H,60,61)(H4,41,42,47)(H4,43,44,48)(H4,45,46,49). The van der Waals surface area contributed by atoms with Gasteiger partial charge in [-0.3, -0.25) is 38.9 Å². The highest BCUT2D eigenvalue weighted by molar-refractivity contribution is 5.96. The van der Waals surface area contributed by atoms with Gasteiger partial charge in [-0.25, -0.2) is 4.79 Å². The number of rotatable bonds is 35. The molecule has 0 aliphatic heterocycles. The monoisotopic (exact) mass is 871 g/mol. The number of aliphatic imine (C=N–C) groups is 3. The van der Waals surface area contributed by atoms with E-state index < -0.39 is 71.8 Å². The van der Waals surface area contributed by atoms with E-state index in [9.17, 15) is 33.9 Å². The molecule has 0 radical (unpaired) electrons. The Morgan fingerprint density at radius 2 is 0.656 bits per heavy atom.